The molecule has 1 aliphatic heterocycles. The molecule has 218 valence electrons. The number of para-hydroxylation sites is 3. The highest BCUT2D eigenvalue weighted by atomic mass is 32.2. The molecule has 1 atom stereocenters. The molecule has 7 aromatic rings. The largest absolute Gasteiger partial charge is 0.454 e. The van der Waals surface area contributed by atoms with Crippen molar-refractivity contribution in [1.29, 1.82) is 0 Å². The van der Waals surface area contributed by atoms with Crippen molar-refractivity contribution in [3.63, 3.8) is 0 Å². The first kappa shape index (κ1) is 26.9. The lowest BCUT2D eigenvalue weighted by atomic mass is 9.67. The zero-order valence-corrected chi connectivity index (χ0v) is 25.8. The summed E-state index contributed by atoms with van der Waals surface area (Å²) in [4.78, 5) is 4.61. The minimum atomic E-state index is -0.518. The standard InChI is InChI=1S/C43H29NOS/c1-4-14-30(15-5-1)43(31-24-26-34(27-25-31)44(32-16-6-2-7-17-32)33-18-8-3-9-19-33)36-21-11-10-20-35(36)41-37(43)28-29-40-42(41)45-38-22-12-13-23-39(38)46-40/h1-29H. The quantitative estimate of drug-likeness (QED) is 0.193. The molecule has 0 radical (unpaired) electrons. The van der Waals surface area contributed by atoms with Crippen LogP contribution in [0.5, 0.6) is 11.5 Å². The lowest BCUT2D eigenvalue weighted by molar-refractivity contribution is 0.456. The van der Waals surface area contributed by atoms with E-state index >= 15 is 0 Å². The number of rotatable bonds is 5. The highest BCUT2D eigenvalue weighted by Gasteiger charge is 2.48. The fourth-order valence-corrected chi connectivity index (χ4v) is 8.25. The molecule has 9 rings (SSSR count). The summed E-state index contributed by atoms with van der Waals surface area (Å²) < 4.78 is 6.76. The van der Waals surface area contributed by atoms with Crippen molar-refractivity contribution in [2.24, 2.45) is 0 Å². The Bertz CT molecular complexity index is 2160. The number of benzene rings is 7. The molecule has 7 aromatic carbocycles. The molecule has 0 fully saturated rings. The summed E-state index contributed by atoms with van der Waals surface area (Å²) in [6.45, 7) is 0. The van der Waals surface area contributed by atoms with Crippen LogP contribution in [0.4, 0.5) is 17.1 Å². The van der Waals surface area contributed by atoms with Crippen molar-refractivity contribution >= 4 is 28.8 Å². The third kappa shape index (κ3) is 4.06. The van der Waals surface area contributed by atoms with E-state index in [-0.39, 0.29) is 0 Å². The van der Waals surface area contributed by atoms with Crippen molar-refractivity contribution in [2.45, 2.75) is 15.2 Å². The van der Waals surface area contributed by atoms with Crippen LogP contribution in [-0.4, -0.2) is 0 Å². The molecular formula is C43H29NOS. The molecule has 0 spiro atoms. The summed E-state index contributed by atoms with van der Waals surface area (Å²) >= 11 is 1.79. The Hall–Kier alpha value is -5.51. The van der Waals surface area contributed by atoms with E-state index in [0.29, 0.717) is 0 Å². The third-order valence-electron chi connectivity index (χ3n) is 9.20. The molecule has 0 amide bonds. The van der Waals surface area contributed by atoms with Crippen molar-refractivity contribution in [3.05, 3.63) is 198 Å². The van der Waals surface area contributed by atoms with E-state index in [1.165, 1.54) is 33.4 Å². The second kappa shape index (κ2) is 10.8. The zero-order valence-electron chi connectivity index (χ0n) is 25.0. The molecule has 1 heterocycles. The van der Waals surface area contributed by atoms with Gasteiger partial charge in [-0.15, -0.1) is 0 Å². The molecule has 2 aliphatic rings. The second-order valence-corrected chi connectivity index (χ2v) is 12.8. The van der Waals surface area contributed by atoms with E-state index in [9.17, 15) is 0 Å². The average molecular weight is 608 g/mol. The van der Waals surface area contributed by atoms with Crippen LogP contribution in [0.25, 0.3) is 11.1 Å². The molecule has 0 aromatic heterocycles. The molecule has 0 N–H and O–H groups in total. The molecule has 0 bridgehead atoms. The van der Waals surface area contributed by atoms with Gasteiger partial charge in [-0.1, -0.05) is 133 Å². The van der Waals surface area contributed by atoms with E-state index in [1.54, 1.807) is 11.8 Å². The summed E-state index contributed by atoms with van der Waals surface area (Å²) in [5.41, 5.74) is 10.2. The van der Waals surface area contributed by atoms with Gasteiger partial charge in [0.1, 0.15) is 11.5 Å². The summed E-state index contributed by atoms with van der Waals surface area (Å²) in [6.07, 6.45) is 0. The first-order chi connectivity index (χ1) is 22.8. The lowest BCUT2D eigenvalue weighted by Gasteiger charge is -2.35. The van der Waals surface area contributed by atoms with Crippen LogP contribution in [0.15, 0.2) is 186 Å². The van der Waals surface area contributed by atoms with Gasteiger partial charge in [-0.05, 0) is 82.4 Å². The predicted molar refractivity (Wildman–Crippen MR) is 189 cm³/mol. The maximum atomic E-state index is 6.76. The lowest BCUT2D eigenvalue weighted by Crippen LogP contribution is -2.28. The van der Waals surface area contributed by atoms with Crippen LogP contribution in [0.2, 0.25) is 0 Å². The Morgan fingerprint density at radius 3 is 1.72 bits per heavy atom. The first-order valence-electron chi connectivity index (χ1n) is 15.6. The highest BCUT2D eigenvalue weighted by Crippen LogP contribution is 2.62. The maximum absolute atomic E-state index is 6.76. The Morgan fingerprint density at radius 1 is 0.435 bits per heavy atom. The third-order valence-corrected chi connectivity index (χ3v) is 10.3. The van der Waals surface area contributed by atoms with Crippen LogP contribution in [0.1, 0.15) is 22.3 Å². The van der Waals surface area contributed by atoms with Gasteiger partial charge in [-0.3, -0.25) is 0 Å². The average Bonchev–Trinajstić information content (AvgIpc) is 3.44. The Kier molecular flexibility index (Phi) is 6.32. The second-order valence-electron chi connectivity index (χ2n) is 11.7. The Morgan fingerprint density at radius 2 is 1.00 bits per heavy atom. The van der Waals surface area contributed by atoms with Crippen molar-refractivity contribution in [2.75, 3.05) is 4.90 Å². The summed E-state index contributed by atoms with van der Waals surface area (Å²) in [5.74, 6) is 1.86. The Labute approximate surface area is 273 Å². The van der Waals surface area contributed by atoms with Crippen LogP contribution < -0.4 is 9.64 Å². The predicted octanol–water partition coefficient (Wildman–Crippen LogP) is 11.8. The van der Waals surface area contributed by atoms with Crippen molar-refractivity contribution in [3.8, 4) is 22.6 Å². The Balaban J connectivity index is 1.27. The molecule has 0 saturated carbocycles. The van der Waals surface area contributed by atoms with Gasteiger partial charge in [0, 0.05) is 22.6 Å². The van der Waals surface area contributed by atoms with Crippen LogP contribution in [0, 0.1) is 0 Å². The topological polar surface area (TPSA) is 12.5 Å². The normalized spacial score (nSPS) is 15.6. The van der Waals surface area contributed by atoms with Gasteiger partial charge in [0.15, 0.2) is 0 Å². The fraction of sp³-hybridized carbons (Fsp3) is 0.0233. The van der Waals surface area contributed by atoms with E-state index in [4.69, 9.17) is 4.74 Å². The maximum Gasteiger partial charge on any atom is 0.149 e. The number of ether oxygens (including phenoxy) is 1. The molecule has 1 aliphatic carbocycles. The molecule has 1 unspecified atom stereocenters. The minimum absolute atomic E-state index is 0.518. The fourth-order valence-electron chi connectivity index (χ4n) is 7.28. The van der Waals surface area contributed by atoms with E-state index < -0.39 is 5.41 Å². The molecule has 0 saturated heterocycles. The van der Waals surface area contributed by atoms with Gasteiger partial charge in [-0.2, -0.15) is 0 Å². The van der Waals surface area contributed by atoms with Crippen molar-refractivity contribution < 1.29 is 4.74 Å². The van der Waals surface area contributed by atoms with Gasteiger partial charge in [0.2, 0.25) is 0 Å². The number of hydrogen-bond donors (Lipinski definition) is 0. The van der Waals surface area contributed by atoms with Gasteiger partial charge in [-0.25, -0.2) is 0 Å². The molecular weight excluding hydrogens is 579 g/mol. The summed E-state index contributed by atoms with van der Waals surface area (Å²) in [5, 5.41) is 0. The highest BCUT2D eigenvalue weighted by molar-refractivity contribution is 7.99. The number of anilines is 3. The van der Waals surface area contributed by atoms with Gasteiger partial charge in [0.25, 0.3) is 0 Å². The molecule has 3 heteroatoms. The van der Waals surface area contributed by atoms with Gasteiger partial charge >= 0.3 is 0 Å². The number of fused-ring (bicyclic) bond motifs is 6. The smallest absolute Gasteiger partial charge is 0.149 e. The summed E-state index contributed by atoms with van der Waals surface area (Å²) in [6, 6.07) is 63.0. The molecule has 46 heavy (non-hydrogen) atoms. The number of nitrogens with zero attached hydrogens (tertiary/aromatic N) is 1. The first-order valence-corrected chi connectivity index (χ1v) is 16.4. The van der Waals surface area contributed by atoms with E-state index in [0.717, 1.165) is 38.4 Å². The monoisotopic (exact) mass is 607 g/mol. The van der Waals surface area contributed by atoms with Crippen LogP contribution >= 0.6 is 11.8 Å². The minimum Gasteiger partial charge on any atom is -0.454 e. The van der Waals surface area contributed by atoms with Crippen LogP contribution in [0.3, 0.4) is 0 Å². The molecule has 2 nitrogen and oxygen atoms in total. The SMILES string of the molecule is c1ccc(N(c2ccccc2)c2ccc(C3(c4ccccc4)c4ccccc4-c4c3ccc3c4Oc4ccccc4S3)cc2)cc1. The van der Waals surface area contributed by atoms with Gasteiger partial charge < -0.3 is 9.64 Å². The van der Waals surface area contributed by atoms with Gasteiger partial charge in [0.05, 0.1) is 15.2 Å². The van der Waals surface area contributed by atoms with E-state index in [1.807, 2.05) is 6.07 Å². The van der Waals surface area contributed by atoms with Crippen molar-refractivity contribution in [1.82, 2.24) is 0 Å². The summed E-state index contributed by atoms with van der Waals surface area (Å²) in [7, 11) is 0. The zero-order chi connectivity index (χ0) is 30.5. The van der Waals surface area contributed by atoms with Crippen LogP contribution in [-0.2, 0) is 5.41 Å². The number of hydrogen-bond acceptors (Lipinski definition) is 3. The van der Waals surface area contributed by atoms with E-state index in [2.05, 4.69) is 175 Å².